The molecule has 6 nitrogen and oxygen atoms in total. The molecular weight excluding hydrogens is 286 g/mol. The highest BCUT2D eigenvalue weighted by Gasteiger charge is 2.19. The number of hydrogen-bond acceptors (Lipinski definition) is 5. The Labute approximate surface area is 127 Å². The van der Waals surface area contributed by atoms with Crippen molar-refractivity contribution < 1.29 is 4.79 Å². The summed E-state index contributed by atoms with van der Waals surface area (Å²) in [5.74, 6) is 7.12. The molecule has 0 radical (unpaired) electrons. The zero-order valence-corrected chi connectivity index (χ0v) is 12.4. The highest BCUT2D eigenvalue weighted by Crippen LogP contribution is 2.22. The van der Waals surface area contributed by atoms with Gasteiger partial charge in [-0.05, 0) is 12.8 Å². The minimum Gasteiger partial charge on any atom is -0.342 e. The van der Waals surface area contributed by atoms with Crippen molar-refractivity contribution >= 4 is 17.7 Å². The van der Waals surface area contributed by atoms with Crippen LogP contribution in [-0.2, 0) is 4.79 Å². The van der Waals surface area contributed by atoms with E-state index in [0.717, 1.165) is 31.5 Å². The van der Waals surface area contributed by atoms with Gasteiger partial charge in [-0.1, -0.05) is 42.1 Å². The third-order valence-electron chi connectivity index (χ3n) is 3.48. The van der Waals surface area contributed by atoms with Gasteiger partial charge < -0.3 is 10.7 Å². The highest BCUT2D eigenvalue weighted by atomic mass is 32.2. The molecule has 2 N–H and O–H groups in total. The second-order valence-electron chi connectivity index (χ2n) is 4.92. The van der Waals surface area contributed by atoms with Crippen LogP contribution in [0.25, 0.3) is 11.4 Å². The van der Waals surface area contributed by atoms with Crippen LogP contribution in [0.15, 0.2) is 35.5 Å². The highest BCUT2D eigenvalue weighted by molar-refractivity contribution is 7.99. The van der Waals surface area contributed by atoms with Gasteiger partial charge in [-0.3, -0.25) is 4.79 Å². The molecule has 3 rings (SSSR count). The third-order valence-corrected chi connectivity index (χ3v) is 4.41. The number of carbonyl (C=O) groups is 1. The SMILES string of the molecule is Nn1c(SCC(=O)N2CCCC2)nnc1-c1ccccc1. The Kier molecular flexibility index (Phi) is 4.10. The lowest BCUT2D eigenvalue weighted by molar-refractivity contribution is -0.127. The topological polar surface area (TPSA) is 77.0 Å². The van der Waals surface area contributed by atoms with Crippen LogP contribution >= 0.6 is 11.8 Å². The van der Waals surface area contributed by atoms with E-state index in [-0.39, 0.29) is 5.91 Å². The van der Waals surface area contributed by atoms with E-state index in [1.807, 2.05) is 35.2 Å². The Balaban J connectivity index is 1.67. The van der Waals surface area contributed by atoms with Gasteiger partial charge >= 0.3 is 0 Å². The lowest BCUT2D eigenvalue weighted by Crippen LogP contribution is -2.29. The van der Waals surface area contributed by atoms with Crippen LogP contribution in [0.4, 0.5) is 0 Å². The number of aromatic nitrogens is 3. The summed E-state index contributed by atoms with van der Waals surface area (Å²) in [7, 11) is 0. The van der Waals surface area contributed by atoms with Gasteiger partial charge in [0.15, 0.2) is 5.82 Å². The fourth-order valence-corrected chi connectivity index (χ4v) is 3.10. The number of likely N-dealkylation sites (tertiary alicyclic amines) is 1. The van der Waals surface area contributed by atoms with Gasteiger partial charge in [0.25, 0.3) is 0 Å². The van der Waals surface area contributed by atoms with Crippen LogP contribution in [0.2, 0.25) is 0 Å². The van der Waals surface area contributed by atoms with Crippen molar-refractivity contribution in [2.45, 2.75) is 18.0 Å². The van der Waals surface area contributed by atoms with E-state index < -0.39 is 0 Å². The fourth-order valence-electron chi connectivity index (χ4n) is 2.34. The van der Waals surface area contributed by atoms with E-state index in [0.29, 0.717) is 16.7 Å². The average Bonchev–Trinajstić information content (AvgIpc) is 3.16. The number of nitrogen functional groups attached to an aromatic ring is 1. The molecular formula is C14H17N5OS. The predicted molar refractivity (Wildman–Crippen MR) is 82.1 cm³/mol. The Morgan fingerprint density at radius 1 is 1.19 bits per heavy atom. The summed E-state index contributed by atoms with van der Waals surface area (Å²) in [6.45, 7) is 1.73. The molecule has 1 aliphatic heterocycles. The monoisotopic (exact) mass is 303 g/mol. The molecule has 1 aromatic heterocycles. The predicted octanol–water partition coefficient (Wildman–Crippen LogP) is 1.37. The van der Waals surface area contributed by atoms with Crippen molar-refractivity contribution in [3.63, 3.8) is 0 Å². The molecule has 0 aliphatic carbocycles. The van der Waals surface area contributed by atoms with Crippen LogP contribution in [0.5, 0.6) is 0 Å². The molecule has 1 saturated heterocycles. The molecule has 1 amide bonds. The van der Waals surface area contributed by atoms with Crippen molar-refractivity contribution in [1.82, 2.24) is 19.8 Å². The lowest BCUT2D eigenvalue weighted by Gasteiger charge is -2.14. The van der Waals surface area contributed by atoms with Crippen molar-refractivity contribution in [1.29, 1.82) is 0 Å². The van der Waals surface area contributed by atoms with E-state index in [2.05, 4.69) is 10.2 Å². The number of nitrogens with two attached hydrogens (primary N) is 1. The second kappa shape index (κ2) is 6.17. The van der Waals surface area contributed by atoms with Gasteiger partial charge in [0.1, 0.15) is 0 Å². The number of hydrogen-bond donors (Lipinski definition) is 1. The summed E-state index contributed by atoms with van der Waals surface area (Å²) in [4.78, 5) is 13.9. The maximum Gasteiger partial charge on any atom is 0.233 e. The lowest BCUT2D eigenvalue weighted by atomic mass is 10.2. The summed E-state index contributed by atoms with van der Waals surface area (Å²) >= 11 is 1.33. The minimum absolute atomic E-state index is 0.141. The summed E-state index contributed by atoms with van der Waals surface area (Å²) < 4.78 is 1.44. The third kappa shape index (κ3) is 3.02. The van der Waals surface area contributed by atoms with Crippen molar-refractivity contribution in [2.75, 3.05) is 24.7 Å². The zero-order valence-electron chi connectivity index (χ0n) is 11.6. The molecule has 0 unspecified atom stereocenters. The molecule has 0 atom stereocenters. The van der Waals surface area contributed by atoms with Crippen molar-refractivity contribution in [3.8, 4) is 11.4 Å². The first kappa shape index (κ1) is 13.9. The van der Waals surface area contributed by atoms with Gasteiger partial charge in [0, 0.05) is 18.7 Å². The number of benzene rings is 1. The molecule has 21 heavy (non-hydrogen) atoms. The molecule has 1 fully saturated rings. The molecule has 0 saturated carbocycles. The molecule has 2 aromatic rings. The van der Waals surface area contributed by atoms with E-state index >= 15 is 0 Å². The maximum absolute atomic E-state index is 12.0. The molecule has 110 valence electrons. The van der Waals surface area contributed by atoms with E-state index in [9.17, 15) is 4.79 Å². The largest absolute Gasteiger partial charge is 0.342 e. The summed E-state index contributed by atoms with van der Waals surface area (Å²) in [5.41, 5.74) is 0.908. The van der Waals surface area contributed by atoms with E-state index in [1.54, 1.807) is 0 Å². The Morgan fingerprint density at radius 3 is 2.62 bits per heavy atom. The van der Waals surface area contributed by atoms with E-state index in [4.69, 9.17) is 5.84 Å². The summed E-state index contributed by atoms with van der Waals surface area (Å²) in [6.07, 6.45) is 2.20. The molecule has 0 bridgehead atoms. The maximum atomic E-state index is 12.0. The Morgan fingerprint density at radius 2 is 1.90 bits per heavy atom. The number of thioether (sulfide) groups is 1. The van der Waals surface area contributed by atoms with Gasteiger partial charge in [-0.25, -0.2) is 4.68 Å². The standard InChI is InChI=1S/C14H17N5OS/c15-19-13(11-6-2-1-3-7-11)16-17-14(19)21-10-12(20)18-8-4-5-9-18/h1-3,6-7H,4-5,8-10,15H2. The van der Waals surface area contributed by atoms with Gasteiger partial charge in [0.05, 0.1) is 5.75 Å². The zero-order chi connectivity index (χ0) is 14.7. The van der Waals surface area contributed by atoms with Crippen LogP contribution in [0.1, 0.15) is 12.8 Å². The smallest absolute Gasteiger partial charge is 0.233 e. The van der Waals surface area contributed by atoms with Crippen molar-refractivity contribution in [2.24, 2.45) is 0 Å². The first-order valence-corrected chi connectivity index (χ1v) is 7.91. The molecule has 1 aliphatic rings. The fraction of sp³-hybridized carbons (Fsp3) is 0.357. The van der Waals surface area contributed by atoms with E-state index in [1.165, 1.54) is 16.4 Å². The number of amides is 1. The average molecular weight is 303 g/mol. The number of rotatable bonds is 4. The molecule has 7 heteroatoms. The normalized spacial score (nSPS) is 14.6. The van der Waals surface area contributed by atoms with Crippen LogP contribution in [0.3, 0.4) is 0 Å². The first-order valence-electron chi connectivity index (χ1n) is 6.92. The van der Waals surface area contributed by atoms with Crippen LogP contribution in [0, 0.1) is 0 Å². The molecule has 0 spiro atoms. The molecule has 1 aromatic carbocycles. The second-order valence-corrected chi connectivity index (χ2v) is 5.86. The number of nitrogens with zero attached hydrogens (tertiary/aromatic N) is 4. The Hall–Kier alpha value is -2.02. The quantitative estimate of drug-likeness (QED) is 0.682. The summed E-state index contributed by atoms with van der Waals surface area (Å²) in [5, 5.41) is 8.73. The van der Waals surface area contributed by atoms with Gasteiger partial charge in [-0.15, -0.1) is 10.2 Å². The Bertz CT molecular complexity index is 622. The summed E-state index contributed by atoms with van der Waals surface area (Å²) in [6, 6.07) is 9.64. The van der Waals surface area contributed by atoms with Crippen LogP contribution < -0.4 is 5.84 Å². The van der Waals surface area contributed by atoms with Crippen molar-refractivity contribution in [3.05, 3.63) is 30.3 Å². The number of carbonyl (C=O) groups excluding carboxylic acids is 1. The van der Waals surface area contributed by atoms with Crippen LogP contribution in [-0.4, -0.2) is 44.5 Å². The molecule has 2 heterocycles. The van der Waals surface area contributed by atoms with Gasteiger partial charge in [0.2, 0.25) is 11.1 Å². The van der Waals surface area contributed by atoms with Gasteiger partial charge in [-0.2, -0.15) is 0 Å². The first-order chi connectivity index (χ1) is 10.3. The minimum atomic E-state index is 0.141.